The van der Waals surface area contributed by atoms with Crippen molar-refractivity contribution in [2.75, 3.05) is 0 Å². The third-order valence-electron chi connectivity index (χ3n) is 12.0. The highest BCUT2D eigenvalue weighted by molar-refractivity contribution is 7.11. The largest absolute Gasteiger partial charge is 0.461 e. The number of aliphatic hydroxyl groups is 2. The molecule has 1 heterocycles. The number of nitrogens with zero attached hydrogens (tertiary/aromatic N) is 1. The molecule has 6 heteroatoms. The molecule has 0 aromatic carbocycles. The summed E-state index contributed by atoms with van der Waals surface area (Å²) in [5, 5.41) is 21.7. The van der Waals surface area contributed by atoms with Crippen molar-refractivity contribution in [1.29, 1.82) is 0 Å². The Kier molecular flexibility index (Phi) is 11.5. The van der Waals surface area contributed by atoms with E-state index in [2.05, 4.69) is 52.6 Å². The molecule has 4 fully saturated rings. The van der Waals surface area contributed by atoms with Crippen molar-refractivity contribution in [3.8, 4) is 0 Å². The molecule has 0 radical (unpaired) electrons. The summed E-state index contributed by atoms with van der Waals surface area (Å²) in [6.45, 7) is 13.5. The number of hydrogen-bond acceptors (Lipinski definition) is 6. The van der Waals surface area contributed by atoms with Crippen LogP contribution in [0.2, 0.25) is 0 Å². The molecule has 5 rings (SSSR count). The number of ether oxygens (including phenoxy) is 1. The molecule has 5 nitrogen and oxygen atoms in total. The lowest BCUT2D eigenvalue weighted by Gasteiger charge is -2.44. The second-order valence-corrected chi connectivity index (χ2v) is 16.3. The smallest absolute Gasteiger partial charge is 0.306 e. The lowest BCUT2D eigenvalue weighted by atomic mass is 9.60. The topological polar surface area (TPSA) is 79.7 Å². The zero-order valence-corrected chi connectivity index (χ0v) is 29.3. The Morgan fingerprint density at radius 2 is 1.93 bits per heavy atom. The quantitative estimate of drug-likeness (QED) is 0.199. The summed E-state index contributed by atoms with van der Waals surface area (Å²) in [5.74, 6) is 1.76. The molecule has 1 aromatic rings. The van der Waals surface area contributed by atoms with Crippen molar-refractivity contribution in [2.24, 2.45) is 23.2 Å². The van der Waals surface area contributed by atoms with Gasteiger partial charge in [-0.15, -0.1) is 11.3 Å². The van der Waals surface area contributed by atoms with Gasteiger partial charge in [0, 0.05) is 23.9 Å². The standard InChI is InChI=1S/C39H59NO4S/c1-6-8-12-31-25-40-37(45-31)39(21-22-39)35(44-36(43)13-9-7-2)19-14-26(3)32-17-18-33-28(11-10-20-38(32,33)5)15-16-29-23-30(41)24-34(42)27(29)4/h15-16,25-26,30,32-35,41-42H,4,6-14,17-24H2,1-3,5H3/b28-15+,29-16-/t26-,30-,32-,33+,34+,35-,38-/m1/s1. The van der Waals surface area contributed by atoms with Crippen molar-refractivity contribution in [1.82, 2.24) is 4.98 Å². The van der Waals surface area contributed by atoms with Crippen LogP contribution in [0.25, 0.3) is 0 Å². The number of aliphatic hydroxyl groups excluding tert-OH is 2. The van der Waals surface area contributed by atoms with Gasteiger partial charge in [-0.1, -0.05) is 64.8 Å². The van der Waals surface area contributed by atoms with Gasteiger partial charge in [-0.05, 0) is 118 Å². The minimum Gasteiger partial charge on any atom is -0.461 e. The fourth-order valence-electron chi connectivity index (χ4n) is 9.09. The number of allylic oxidation sites excluding steroid dienone is 3. The number of carbonyl (C=O) groups is 1. The first kappa shape index (κ1) is 34.6. The number of thiazole rings is 1. The Hall–Kier alpha value is -1.76. The van der Waals surface area contributed by atoms with Crippen LogP contribution in [0, 0.1) is 23.2 Å². The van der Waals surface area contributed by atoms with Gasteiger partial charge >= 0.3 is 5.97 Å². The van der Waals surface area contributed by atoms with E-state index in [4.69, 9.17) is 9.72 Å². The highest BCUT2D eigenvalue weighted by Crippen LogP contribution is 2.60. The Morgan fingerprint density at radius 3 is 2.67 bits per heavy atom. The molecule has 0 spiro atoms. The van der Waals surface area contributed by atoms with E-state index in [0.29, 0.717) is 37.0 Å². The van der Waals surface area contributed by atoms with Gasteiger partial charge in [-0.2, -0.15) is 0 Å². The van der Waals surface area contributed by atoms with E-state index in [9.17, 15) is 15.0 Å². The predicted molar refractivity (Wildman–Crippen MR) is 184 cm³/mol. The molecule has 0 saturated heterocycles. The minimum atomic E-state index is -0.644. The van der Waals surface area contributed by atoms with E-state index >= 15 is 0 Å². The molecule has 2 N–H and O–H groups in total. The molecule has 45 heavy (non-hydrogen) atoms. The van der Waals surface area contributed by atoms with Crippen LogP contribution in [0.1, 0.15) is 140 Å². The lowest BCUT2D eigenvalue weighted by Crippen LogP contribution is -2.37. The summed E-state index contributed by atoms with van der Waals surface area (Å²) in [7, 11) is 0. The fraction of sp³-hybridized carbons (Fsp3) is 0.744. The number of hydrogen-bond donors (Lipinski definition) is 2. The molecule has 0 unspecified atom stereocenters. The van der Waals surface area contributed by atoms with E-state index in [1.165, 1.54) is 54.0 Å². The first-order valence-electron chi connectivity index (χ1n) is 18.2. The van der Waals surface area contributed by atoms with Crippen molar-refractivity contribution in [3.63, 3.8) is 0 Å². The maximum atomic E-state index is 13.0. The minimum absolute atomic E-state index is 0.0340. The summed E-state index contributed by atoms with van der Waals surface area (Å²) in [6, 6.07) is 0. The van der Waals surface area contributed by atoms with Crippen LogP contribution in [0.4, 0.5) is 0 Å². The molecular formula is C39H59NO4S. The van der Waals surface area contributed by atoms with Gasteiger partial charge in [0.1, 0.15) is 11.1 Å². The van der Waals surface area contributed by atoms with Crippen molar-refractivity contribution in [2.45, 2.75) is 161 Å². The van der Waals surface area contributed by atoms with Crippen LogP contribution in [-0.4, -0.2) is 39.5 Å². The number of unbranched alkanes of at least 4 members (excludes halogenated alkanes) is 2. The molecule has 7 atom stereocenters. The summed E-state index contributed by atoms with van der Waals surface area (Å²) >= 11 is 1.86. The summed E-state index contributed by atoms with van der Waals surface area (Å²) in [6.07, 6.45) is 22.4. The lowest BCUT2D eigenvalue weighted by molar-refractivity contribution is -0.151. The van der Waals surface area contributed by atoms with Gasteiger partial charge in [-0.25, -0.2) is 4.98 Å². The van der Waals surface area contributed by atoms with Crippen molar-refractivity contribution >= 4 is 17.3 Å². The first-order valence-corrected chi connectivity index (χ1v) is 19.0. The predicted octanol–water partition coefficient (Wildman–Crippen LogP) is 9.18. The van der Waals surface area contributed by atoms with E-state index in [1.807, 2.05) is 11.3 Å². The Labute approximate surface area is 276 Å². The third-order valence-corrected chi connectivity index (χ3v) is 13.3. The number of fused-ring (bicyclic) bond motifs is 1. The monoisotopic (exact) mass is 637 g/mol. The molecule has 4 aliphatic carbocycles. The number of esters is 1. The van der Waals surface area contributed by atoms with Gasteiger partial charge in [0.2, 0.25) is 0 Å². The summed E-state index contributed by atoms with van der Waals surface area (Å²) < 4.78 is 6.37. The molecule has 250 valence electrons. The fourth-order valence-corrected chi connectivity index (χ4v) is 10.3. The van der Waals surface area contributed by atoms with Crippen LogP contribution >= 0.6 is 11.3 Å². The average Bonchev–Trinajstić information content (AvgIpc) is 3.53. The zero-order chi connectivity index (χ0) is 32.2. The Balaban J connectivity index is 1.28. The van der Waals surface area contributed by atoms with Gasteiger partial charge in [0.15, 0.2) is 0 Å². The van der Waals surface area contributed by atoms with E-state index < -0.39 is 12.2 Å². The van der Waals surface area contributed by atoms with E-state index in [-0.39, 0.29) is 22.9 Å². The van der Waals surface area contributed by atoms with Gasteiger partial charge in [0.25, 0.3) is 0 Å². The Morgan fingerprint density at radius 1 is 1.16 bits per heavy atom. The second-order valence-electron chi connectivity index (χ2n) is 15.2. The Bertz CT molecular complexity index is 1240. The van der Waals surface area contributed by atoms with Crippen LogP contribution in [0.3, 0.4) is 0 Å². The van der Waals surface area contributed by atoms with E-state index in [1.54, 1.807) is 0 Å². The van der Waals surface area contributed by atoms with Gasteiger partial charge < -0.3 is 14.9 Å². The molecular weight excluding hydrogens is 578 g/mol. The van der Waals surface area contributed by atoms with Gasteiger partial charge in [0.05, 0.1) is 17.6 Å². The van der Waals surface area contributed by atoms with Crippen LogP contribution in [0.5, 0.6) is 0 Å². The normalized spacial score (nSPS) is 32.4. The number of aromatic nitrogens is 1. The average molecular weight is 638 g/mol. The zero-order valence-electron chi connectivity index (χ0n) is 28.5. The van der Waals surface area contributed by atoms with Crippen LogP contribution < -0.4 is 0 Å². The second kappa shape index (κ2) is 15.0. The number of aryl methyl sites for hydroxylation is 1. The van der Waals surface area contributed by atoms with Crippen molar-refractivity contribution in [3.05, 3.63) is 51.5 Å². The van der Waals surface area contributed by atoms with Crippen molar-refractivity contribution < 1.29 is 19.7 Å². The number of carbonyl (C=O) groups excluding carboxylic acids is 1. The first-order chi connectivity index (χ1) is 21.6. The highest BCUT2D eigenvalue weighted by Gasteiger charge is 2.56. The summed E-state index contributed by atoms with van der Waals surface area (Å²) in [4.78, 5) is 19.3. The number of rotatable bonds is 14. The molecule has 1 aromatic heterocycles. The van der Waals surface area contributed by atoms with Gasteiger partial charge in [-0.3, -0.25) is 4.79 Å². The molecule has 0 aliphatic heterocycles. The molecule has 4 saturated carbocycles. The summed E-state index contributed by atoms with van der Waals surface area (Å²) in [5.41, 5.74) is 3.49. The van der Waals surface area contributed by atoms with Crippen LogP contribution in [-0.2, 0) is 21.4 Å². The molecule has 0 bridgehead atoms. The maximum absolute atomic E-state index is 13.0. The molecule has 4 aliphatic rings. The third kappa shape index (κ3) is 7.70. The molecule has 0 amide bonds. The highest BCUT2D eigenvalue weighted by atomic mass is 32.1. The van der Waals surface area contributed by atoms with E-state index in [0.717, 1.165) is 62.5 Å². The maximum Gasteiger partial charge on any atom is 0.306 e. The van der Waals surface area contributed by atoms with Crippen LogP contribution in [0.15, 0.2) is 41.6 Å². The SMILES string of the molecule is C=C1/C(=C\C=C2/CCC[C@]3(C)[C@@H]([C@H](C)CC[C@@H](OC(=O)CCCC)C4(c5ncc(CCCC)s5)CC4)CC[C@@H]23)C[C@@H](O)C[C@@H]1O.